The molecule has 2 N–H and O–H groups in total. The van der Waals surface area contributed by atoms with Gasteiger partial charge in [-0.2, -0.15) is 0 Å². The van der Waals surface area contributed by atoms with Gasteiger partial charge in [-0.25, -0.2) is 4.79 Å². The van der Waals surface area contributed by atoms with Crippen LogP contribution in [0, 0.1) is 10.1 Å². The Morgan fingerprint density at radius 1 is 1.08 bits per heavy atom. The minimum absolute atomic E-state index is 0.0512. The number of carbonyl (C=O) groups excluding carboxylic acids is 4. The van der Waals surface area contributed by atoms with Gasteiger partial charge in [0, 0.05) is 30.7 Å². The predicted octanol–water partition coefficient (Wildman–Crippen LogP) is 3.60. The first-order chi connectivity index (χ1) is 18.2. The zero-order valence-electron chi connectivity index (χ0n) is 20.3. The maximum absolute atomic E-state index is 12.8. The molecule has 0 radical (unpaired) electrons. The van der Waals surface area contributed by atoms with E-state index in [1.807, 2.05) is 0 Å². The number of unbranched alkanes of at least 4 members (excludes halogenated alkanes) is 2. The van der Waals surface area contributed by atoms with Crippen LogP contribution in [0.1, 0.15) is 52.0 Å². The van der Waals surface area contributed by atoms with Crippen LogP contribution in [-0.4, -0.2) is 51.5 Å². The van der Waals surface area contributed by atoms with Crippen molar-refractivity contribution >= 4 is 63.8 Å². The number of ether oxygens (including phenoxy) is 1. The van der Waals surface area contributed by atoms with Gasteiger partial charge in [-0.05, 0) is 42.7 Å². The normalized spacial score (nSPS) is 13.9. The second kappa shape index (κ2) is 13.4. The molecular formula is C25H24N4O7S2. The molecule has 0 aliphatic carbocycles. The molecule has 3 amide bonds. The Kier molecular flexibility index (Phi) is 10.1. The van der Waals surface area contributed by atoms with Crippen LogP contribution in [0.25, 0.3) is 6.08 Å². The fourth-order valence-corrected chi connectivity index (χ4v) is 4.74. The van der Waals surface area contributed by atoms with Crippen LogP contribution in [-0.2, 0) is 14.3 Å². The van der Waals surface area contributed by atoms with Crippen LogP contribution in [0.5, 0.6) is 0 Å². The lowest BCUT2D eigenvalue weighted by Crippen LogP contribution is -2.41. The average molecular weight is 557 g/mol. The highest BCUT2D eigenvalue weighted by molar-refractivity contribution is 8.26. The molecule has 0 spiro atoms. The number of hydrogen-bond donors (Lipinski definition) is 2. The Labute approximate surface area is 227 Å². The van der Waals surface area contributed by atoms with Crippen molar-refractivity contribution in [3.05, 3.63) is 80.2 Å². The molecule has 38 heavy (non-hydrogen) atoms. The Hall–Kier alpha value is -4.10. The number of nitro benzene ring substituents is 1. The average Bonchev–Trinajstić information content (AvgIpc) is 3.18. The van der Waals surface area contributed by atoms with Crippen LogP contribution in [0.4, 0.5) is 5.69 Å². The minimum atomic E-state index is -0.663. The van der Waals surface area contributed by atoms with E-state index in [4.69, 9.17) is 12.2 Å². The number of methoxy groups -OCH3 is 1. The van der Waals surface area contributed by atoms with E-state index in [1.165, 1.54) is 42.0 Å². The maximum Gasteiger partial charge on any atom is 0.337 e. The topological polar surface area (TPSA) is 148 Å². The van der Waals surface area contributed by atoms with Gasteiger partial charge in [0.15, 0.2) is 0 Å². The first kappa shape index (κ1) is 28.5. The van der Waals surface area contributed by atoms with E-state index >= 15 is 0 Å². The standard InChI is InChI=1S/C25H24N4O7S2/c1-36-24(33)17-11-9-16(10-12-17)14-20-23(32)28(25(37)38-20)13-4-2-3-8-21(30)26-27-22(31)18-6-5-7-19(15-18)29(34)35/h5-7,9-12,14-15H,2-4,8,13H2,1H3,(H,26,30)(H,27,31)/b20-14-. The van der Waals surface area contributed by atoms with Crippen molar-refractivity contribution in [2.45, 2.75) is 25.7 Å². The van der Waals surface area contributed by atoms with Crippen LogP contribution in [0.3, 0.4) is 0 Å². The zero-order valence-corrected chi connectivity index (χ0v) is 21.9. The molecule has 2 aromatic carbocycles. The number of nitrogens with zero attached hydrogens (tertiary/aromatic N) is 2. The fraction of sp³-hybridized carbons (Fsp3) is 0.240. The molecule has 1 heterocycles. The quantitative estimate of drug-likeness (QED) is 0.112. The summed E-state index contributed by atoms with van der Waals surface area (Å²) >= 11 is 6.55. The smallest absolute Gasteiger partial charge is 0.337 e. The van der Waals surface area contributed by atoms with E-state index in [1.54, 1.807) is 30.3 Å². The van der Waals surface area contributed by atoms with Gasteiger partial charge in [0.1, 0.15) is 4.32 Å². The number of thioether (sulfide) groups is 1. The number of benzene rings is 2. The number of hydrazine groups is 1. The van der Waals surface area contributed by atoms with Crippen molar-refractivity contribution in [3.8, 4) is 0 Å². The molecule has 1 aliphatic heterocycles. The van der Waals surface area contributed by atoms with Gasteiger partial charge in [-0.3, -0.25) is 40.2 Å². The third-order valence-corrected chi connectivity index (χ3v) is 6.80. The molecule has 1 fully saturated rings. The molecule has 3 rings (SSSR count). The molecule has 0 unspecified atom stereocenters. The van der Waals surface area contributed by atoms with E-state index in [0.717, 1.165) is 11.6 Å². The number of non-ortho nitro benzene ring substituents is 1. The van der Waals surface area contributed by atoms with Crippen molar-refractivity contribution in [1.29, 1.82) is 0 Å². The summed E-state index contributed by atoms with van der Waals surface area (Å²) in [6.07, 6.45) is 3.66. The van der Waals surface area contributed by atoms with E-state index < -0.39 is 22.7 Å². The summed E-state index contributed by atoms with van der Waals surface area (Å²) in [7, 11) is 1.31. The Morgan fingerprint density at radius 3 is 2.50 bits per heavy atom. The number of carbonyl (C=O) groups is 4. The lowest BCUT2D eigenvalue weighted by Gasteiger charge is -2.14. The first-order valence-corrected chi connectivity index (χ1v) is 12.7. The fourth-order valence-electron chi connectivity index (χ4n) is 3.43. The van der Waals surface area contributed by atoms with Crippen molar-refractivity contribution in [1.82, 2.24) is 15.8 Å². The van der Waals surface area contributed by atoms with Crippen molar-refractivity contribution in [2.24, 2.45) is 0 Å². The Balaban J connectivity index is 1.39. The summed E-state index contributed by atoms with van der Waals surface area (Å²) in [4.78, 5) is 60.6. The number of thiocarbonyl (C=S) groups is 1. The summed E-state index contributed by atoms with van der Waals surface area (Å²) in [6.45, 7) is 0.411. The summed E-state index contributed by atoms with van der Waals surface area (Å²) in [5.74, 6) is -1.70. The lowest BCUT2D eigenvalue weighted by molar-refractivity contribution is -0.384. The minimum Gasteiger partial charge on any atom is -0.465 e. The molecule has 0 saturated carbocycles. The van der Waals surface area contributed by atoms with Crippen LogP contribution in [0.15, 0.2) is 53.4 Å². The summed E-state index contributed by atoms with van der Waals surface area (Å²) in [5, 5.41) is 10.8. The van der Waals surface area contributed by atoms with Crippen LogP contribution >= 0.6 is 24.0 Å². The van der Waals surface area contributed by atoms with Gasteiger partial charge >= 0.3 is 5.97 Å². The SMILES string of the molecule is COC(=O)c1ccc(/C=C2\SC(=S)N(CCCCCC(=O)NNC(=O)c3cccc([N+](=O)[O-])c3)C2=O)cc1. The monoisotopic (exact) mass is 556 g/mol. The first-order valence-electron chi connectivity index (χ1n) is 11.5. The molecule has 2 aromatic rings. The molecule has 198 valence electrons. The van der Waals surface area contributed by atoms with Crippen molar-refractivity contribution < 1.29 is 28.8 Å². The molecule has 0 aromatic heterocycles. The molecule has 0 atom stereocenters. The number of esters is 1. The summed E-state index contributed by atoms with van der Waals surface area (Å²) in [6, 6.07) is 11.8. The molecule has 0 bridgehead atoms. The van der Waals surface area contributed by atoms with Crippen LogP contribution < -0.4 is 10.9 Å². The number of hydrogen-bond acceptors (Lipinski definition) is 9. The third-order valence-electron chi connectivity index (χ3n) is 5.42. The maximum atomic E-state index is 12.8. The van der Waals surface area contributed by atoms with Crippen LogP contribution in [0.2, 0.25) is 0 Å². The molecular weight excluding hydrogens is 532 g/mol. The van der Waals surface area contributed by atoms with Gasteiger partial charge in [-0.1, -0.05) is 48.6 Å². The van der Waals surface area contributed by atoms with E-state index in [-0.39, 0.29) is 23.6 Å². The lowest BCUT2D eigenvalue weighted by atomic mass is 10.1. The summed E-state index contributed by atoms with van der Waals surface area (Å²) in [5.41, 5.74) is 5.51. The van der Waals surface area contributed by atoms with Gasteiger partial charge in [0.05, 0.1) is 22.5 Å². The Bertz CT molecular complexity index is 1290. The van der Waals surface area contributed by atoms with E-state index in [2.05, 4.69) is 15.6 Å². The second-order valence-corrected chi connectivity index (χ2v) is 9.74. The number of nitrogens with one attached hydrogen (secondary N) is 2. The van der Waals surface area contributed by atoms with Gasteiger partial charge in [0.2, 0.25) is 5.91 Å². The highest BCUT2D eigenvalue weighted by Gasteiger charge is 2.31. The molecule has 11 nitrogen and oxygen atoms in total. The van der Waals surface area contributed by atoms with Crippen molar-refractivity contribution in [2.75, 3.05) is 13.7 Å². The van der Waals surface area contributed by atoms with E-state index in [9.17, 15) is 29.3 Å². The highest BCUT2D eigenvalue weighted by Crippen LogP contribution is 2.32. The van der Waals surface area contributed by atoms with Crippen molar-refractivity contribution in [3.63, 3.8) is 0 Å². The van der Waals surface area contributed by atoms with E-state index in [0.29, 0.717) is 40.6 Å². The molecule has 1 saturated heterocycles. The third kappa shape index (κ3) is 7.70. The number of nitro groups is 1. The molecule has 13 heteroatoms. The second-order valence-electron chi connectivity index (χ2n) is 8.07. The van der Waals surface area contributed by atoms with Gasteiger partial charge < -0.3 is 4.74 Å². The largest absolute Gasteiger partial charge is 0.465 e. The predicted molar refractivity (Wildman–Crippen MR) is 145 cm³/mol. The Morgan fingerprint density at radius 2 is 1.82 bits per heavy atom. The highest BCUT2D eigenvalue weighted by atomic mass is 32.2. The number of amides is 3. The zero-order chi connectivity index (χ0) is 27.7. The number of rotatable bonds is 10. The van der Waals surface area contributed by atoms with Gasteiger partial charge in [0.25, 0.3) is 17.5 Å². The summed E-state index contributed by atoms with van der Waals surface area (Å²) < 4.78 is 5.13. The molecule has 1 aliphatic rings. The van der Waals surface area contributed by atoms with Gasteiger partial charge in [-0.15, -0.1) is 0 Å².